The van der Waals surface area contributed by atoms with Gasteiger partial charge in [-0.05, 0) is 36.8 Å². The number of halogens is 1. The maximum absolute atomic E-state index is 12.9. The Morgan fingerprint density at radius 1 is 1.36 bits per heavy atom. The number of aliphatic hydroxyl groups excluding tert-OH is 1. The second-order valence-electron chi connectivity index (χ2n) is 4.83. The van der Waals surface area contributed by atoms with Crippen molar-refractivity contribution in [3.05, 3.63) is 59.5 Å². The zero-order valence-electron chi connectivity index (χ0n) is 12.1. The van der Waals surface area contributed by atoms with Crippen LogP contribution in [-0.4, -0.2) is 28.6 Å². The molecule has 2 rings (SSSR count). The van der Waals surface area contributed by atoms with E-state index < -0.39 is 0 Å². The Hall–Kier alpha value is -1.92. The molecule has 0 aliphatic rings. The molecule has 116 valence electrons. The van der Waals surface area contributed by atoms with Gasteiger partial charge in [-0.2, -0.15) is 0 Å². The second-order valence-corrected chi connectivity index (χ2v) is 5.79. The number of hydrogen-bond acceptors (Lipinski definition) is 4. The monoisotopic (exact) mass is 320 g/mol. The smallest absolute Gasteiger partial charge is 0.254 e. The Morgan fingerprint density at radius 2 is 2.09 bits per heavy atom. The molecule has 0 spiro atoms. The highest BCUT2D eigenvalue weighted by Gasteiger charge is 2.14. The van der Waals surface area contributed by atoms with Gasteiger partial charge >= 0.3 is 0 Å². The van der Waals surface area contributed by atoms with Crippen LogP contribution in [0.5, 0.6) is 0 Å². The molecular weight excluding hydrogens is 303 g/mol. The first-order valence-corrected chi connectivity index (χ1v) is 7.82. The molecule has 2 N–H and O–H groups in total. The lowest BCUT2D eigenvalue weighted by atomic mass is 10.2. The Labute approximate surface area is 132 Å². The van der Waals surface area contributed by atoms with Crippen molar-refractivity contribution in [1.82, 2.24) is 10.3 Å². The summed E-state index contributed by atoms with van der Waals surface area (Å²) in [6, 6.07) is 9.30. The minimum Gasteiger partial charge on any atom is -0.394 e. The Morgan fingerprint density at radius 3 is 2.77 bits per heavy atom. The molecule has 6 heteroatoms. The number of thioether (sulfide) groups is 1. The minimum atomic E-state index is -0.317. The van der Waals surface area contributed by atoms with Gasteiger partial charge in [0.15, 0.2) is 0 Å². The summed E-state index contributed by atoms with van der Waals surface area (Å²) in [6.07, 6.45) is 1.62. The van der Waals surface area contributed by atoms with E-state index in [9.17, 15) is 9.18 Å². The number of amides is 1. The van der Waals surface area contributed by atoms with E-state index in [2.05, 4.69) is 10.3 Å². The van der Waals surface area contributed by atoms with Gasteiger partial charge < -0.3 is 10.4 Å². The number of rotatable bonds is 6. The predicted molar refractivity (Wildman–Crippen MR) is 84.2 cm³/mol. The summed E-state index contributed by atoms with van der Waals surface area (Å²) < 4.78 is 12.9. The third-order valence-electron chi connectivity index (χ3n) is 2.96. The van der Waals surface area contributed by atoms with Crippen molar-refractivity contribution < 1.29 is 14.3 Å². The molecule has 0 saturated carbocycles. The lowest BCUT2D eigenvalue weighted by molar-refractivity contribution is 0.0918. The third-order valence-corrected chi connectivity index (χ3v) is 4.03. The van der Waals surface area contributed by atoms with E-state index in [0.717, 1.165) is 5.56 Å². The molecule has 0 radical (unpaired) electrons. The molecule has 0 fully saturated rings. The molecule has 0 saturated heterocycles. The van der Waals surface area contributed by atoms with Crippen molar-refractivity contribution in [3.8, 4) is 0 Å². The van der Waals surface area contributed by atoms with Crippen LogP contribution in [0.15, 0.2) is 47.6 Å². The number of hydrogen-bond donors (Lipinski definition) is 2. The normalized spacial score (nSPS) is 12.0. The van der Waals surface area contributed by atoms with Crippen molar-refractivity contribution >= 4 is 17.7 Å². The standard InChI is InChI=1S/C16H17FN2O2S/c1-11(9-20)19-15(21)14-3-2-8-18-16(14)22-10-12-4-6-13(17)7-5-12/h2-8,11,20H,9-10H2,1H3,(H,19,21)/t11-/m1/s1. The number of benzene rings is 1. The Bertz CT molecular complexity index is 634. The van der Waals surface area contributed by atoms with Gasteiger partial charge in [0.25, 0.3) is 5.91 Å². The van der Waals surface area contributed by atoms with Crippen LogP contribution in [0.2, 0.25) is 0 Å². The number of nitrogens with zero attached hydrogens (tertiary/aromatic N) is 1. The van der Waals surface area contributed by atoms with Gasteiger partial charge in [0.05, 0.1) is 12.2 Å². The van der Waals surface area contributed by atoms with Gasteiger partial charge in [0, 0.05) is 18.0 Å². The fourth-order valence-electron chi connectivity index (χ4n) is 1.76. The van der Waals surface area contributed by atoms with Crippen LogP contribution in [0.1, 0.15) is 22.8 Å². The topological polar surface area (TPSA) is 62.2 Å². The number of carbonyl (C=O) groups excluding carboxylic acids is 1. The number of aromatic nitrogens is 1. The van der Waals surface area contributed by atoms with Gasteiger partial charge in [-0.15, -0.1) is 11.8 Å². The molecule has 0 bridgehead atoms. The summed E-state index contributed by atoms with van der Waals surface area (Å²) in [6.45, 7) is 1.60. The Kier molecular flexibility index (Phi) is 5.91. The second kappa shape index (κ2) is 7.91. The largest absolute Gasteiger partial charge is 0.394 e. The maximum Gasteiger partial charge on any atom is 0.254 e. The van der Waals surface area contributed by atoms with E-state index in [0.29, 0.717) is 16.3 Å². The molecule has 1 aromatic carbocycles. The van der Waals surface area contributed by atoms with Crippen LogP contribution in [0.3, 0.4) is 0 Å². The maximum atomic E-state index is 12.9. The predicted octanol–water partition coefficient (Wildman–Crippen LogP) is 2.62. The summed E-state index contributed by atoms with van der Waals surface area (Å²) in [5.41, 5.74) is 1.42. The number of carbonyl (C=O) groups is 1. The number of aliphatic hydroxyl groups is 1. The first-order chi connectivity index (χ1) is 10.6. The van der Waals surface area contributed by atoms with Crippen molar-refractivity contribution in [1.29, 1.82) is 0 Å². The highest BCUT2D eigenvalue weighted by molar-refractivity contribution is 7.98. The first kappa shape index (κ1) is 16.5. The average molecular weight is 320 g/mol. The van der Waals surface area contributed by atoms with Crippen LogP contribution in [0, 0.1) is 5.82 Å². The molecule has 0 aliphatic heterocycles. The summed E-state index contributed by atoms with van der Waals surface area (Å²) in [7, 11) is 0. The molecular formula is C16H17FN2O2S. The number of nitrogens with one attached hydrogen (secondary N) is 1. The van der Waals surface area contributed by atoms with E-state index in [-0.39, 0.29) is 24.4 Å². The van der Waals surface area contributed by atoms with Crippen molar-refractivity contribution in [2.45, 2.75) is 23.7 Å². The lowest BCUT2D eigenvalue weighted by Crippen LogP contribution is -2.35. The van der Waals surface area contributed by atoms with E-state index in [1.807, 2.05) is 0 Å². The minimum absolute atomic E-state index is 0.121. The van der Waals surface area contributed by atoms with Crippen LogP contribution < -0.4 is 5.32 Å². The zero-order valence-corrected chi connectivity index (χ0v) is 12.9. The van der Waals surface area contributed by atoms with Crippen molar-refractivity contribution in [2.24, 2.45) is 0 Å². The summed E-state index contributed by atoms with van der Waals surface area (Å²) in [4.78, 5) is 16.4. The van der Waals surface area contributed by atoms with E-state index in [1.165, 1.54) is 23.9 Å². The SMILES string of the molecule is C[C@H](CO)NC(=O)c1cccnc1SCc1ccc(F)cc1. The lowest BCUT2D eigenvalue weighted by Gasteiger charge is -2.12. The van der Waals surface area contributed by atoms with E-state index >= 15 is 0 Å². The Balaban J connectivity index is 2.07. The number of pyridine rings is 1. The molecule has 1 heterocycles. The fraction of sp³-hybridized carbons (Fsp3) is 0.250. The van der Waals surface area contributed by atoms with Gasteiger partial charge in [-0.25, -0.2) is 9.37 Å². The van der Waals surface area contributed by atoms with Crippen molar-refractivity contribution in [3.63, 3.8) is 0 Å². The van der Waals surface area contributed by atoms with Crippen LogP contribution >= 0.6 is 11.8 Å². The third kappa shape index (κ3) is 4.54. The highest BCUT2D eigenvalue weighted by Crippen LogP contribution is 2.24. The first-order valence-electron chi connectivity index (χ1n) is 6.84. The van der Waals surface area contributed by atoms with Gasteiger partial charge in [0.1, 0.15) is 10.8 Å². The molecule has 22 heavy (non-hydrogen) atoms. The van der Waals surface area contributed by atoms with Gasteiger partial charge in [-0.1, -0.05) is 12.1 Å². The van der Waals surface area contributed by atoms with Crippen LogP contribution in [-0.2, 0) is 5.75 Å². The molecule has 0 aliphatic carbocycles. The summed E-state index contributed by atoms with van der Waals surface area (Å²) in [5, 5.41) is 12.3. The molecule has 0 unspecified atom stereocenters. The fourth-order valence-corrected chi connectivity index (χ4v) is 2.71. The highest BCUT2D eigenvalue weighted by atomic mass is 32.2. The van der Waals surface area contributed by atoms with Gasteiger partial charge in [0.2, 0.25) is 0 Å². The molecule has 1 amide bonds. The molecule has 1 aromatic heterocycles. The summed E-state index contributed by atoms with van der Waals surface area (Å²) >= 11 is 1.41. The molecule has 4 nitrogen and oxygen atoms in total. The van der Waals surface area contributed by atoms with Crippen molar-refractivity contribution in [2.75, 3.05) is 6.61 Å². The van der Waals surface area contributed by atoms with Crippen LogP contribution in [0.4, 0.5) is 4.39 Å². The van der Waals surface area contributed by atoms with Crippen LogP contribution in [0.25, 0.3) is 0 Å². The van der Waals surface area contributed by atoms with E-state index in [1.54, 1.807) is 37.4 Å². The summed E-state index contributed by atoms with van der Waals surface area (Å²) in [5.74, 6) is 0.0496. The zero-order chi connectivity index (χ0) is 15.9. The molecule has 1 atom stereocenters. The van der Waals surface area contributed by atoms with Gasteiger partial charge in [-0.3, -0.25) is 4.79 Å². The average Bonchev–Trinajstić information content (AvgIpc) is 2.54. The molecule has 2 aromatic rings. The van der Waals surface area contributed by atoms with E-state index in [4.69, 9.17) is 5.11 Å². The quantitative estimate of drug-likeness (QED) is 0.803.